The van der Waals surface area contributed by atoms with Gasteiger partial charge in [0.2, 0.25) is 11.8 Å². The Balaban J connectivity index is 3.10. The van der Waals surface area contributed by atoms with Crippen LogP contribution >= 0.6 is 0 Å². The SMILES string of the molecule is Cc1nn(C)c(NC(=O)C(C(F)(F)F)C(F)(F)F)c1N. The Labute approximate surface area is 108 Å². The van der Waals surface area contributed by atoms with Crippen LogP contribution in [0.15, 0.2) is 0 Å². The van der Waals surface area contributed by atoms with Crippen LogP contribution in [0.5, 0.6) is 0 Å². The number of nitrogens with one attached hydrogen (secondary N) is 1. The molecule has 1 amide bonds. The number of hydrogen-bond donors (Lipinski definition) is 2. The first-order valence-corrected chi connectivity index (χ1v) is 5.09. The molecule has 114 valence electrons. The summed E-state index contributed by atoms with van der Waals surface area (Å²) in [4.78, 5) is 11.3. The van der Waals surface area contributed by atoms with E-state index in [0.29, 0.717) is 0 Å². The molecule has 3 N–H and O–H groups in total. The van der Waals surface area contributed by atoms with Crippen molar-refractivity contribution in [1.29, 1.82) is 0 Å². The molecule has 1 rings (SSSR count). The second-order valence-corrected chi connectivity index (χ2v) is 3.98. The first-order chi connectivity index (χ1) is 8.85. The Morgan fingerprint density at radius 1 is 1.25 bits per heavy atom. The van der Waals surface area contributed by atoms with Crippen molar-refractivity contribution >= 4 is 17.4 Å². The quantitative estimate of drug-likeness (QED) is 0.821. The number of nitrogen functional groups attached to an aromatic ring is 1. The largest absolute Gasteiger partial charge is 0.409 e. The number of anilines is 2. The van der Waals surface area contributed by atoms with Gasteiger partial charge in [0.1, 0.15) is 0 Å². The summed E-state index contributed by atoms with van der Waals surface area (Å²) in [6.45, 7) is 1.38. The maximum Gasteiger partial charge on any atom is 0.409 e. The van der Waals surface area contributed by atoms with Crippen molar-refractivity contribution in [3.63, 3.8) is 0 Å². The summed E-state index contributed by atoms with van der Waals surface area (Å²) in [5.74, 6) is -6.82. The Morgan fingerprint density at radius 3 is 2.00 bits per heavy atom. The fourth-order valence-electron chi connectivity index (χ4n) is 1.49. The van der Waals surface area contributed by atoms with Gasteiger partial charge < -0.3 is 11.1 Å². The van der Waals surface area contributed by atoms with Gasteiger partial charge in [0.05, 0.1) is 11.4 Å². The highest BCUT2D eigenvalue weighted by molar-refractivity contribution is 5.95. The maximum atomic E-state index is 12.3. The normalized spacial score (nSPS) is 12.8. The molecule has 0 aliphatic heterocycles. The number of alkyl halides is 6. The van der Waals surface area contributed by atoms with Gasteiger partial charge in [0.25, 0.3) is 0 Å². The van der Waals surface area contributed by atoms with Gasteiger partial charge in [-0.1, -0.05) is 0 Å². The zero-order valence-electron chi connectivity index (χ0n) is 10.2. The first-order valence-electron chi connectivity index (χ1n) is 5.09. The number of rotatable bonds is 2. The molecule has 0 fully saturated rings. The summed E-state index contributed by atoms with van der Waals surface area (Å²) in [5, 5.41) is 5.17. The van der Waals surface area contributed by atoms with Crippen molar-refractivity contribution in [3.05, 3.63) is 5.69 Å². The lowest BCUT2D eigenvalue weighted by Gasteiger charge is -2.22. The monoisotopic (exact) mass is 304 g/mol. The van der Waals surface area contributed by atoms with Gasteiger partial charge in [0.15, 0.2) is 5.82 Å². The molecule has 0 saturated heterocycles. The Morgan fingerprint density at radius 2 is 1.70 bits per heavy atom. The van der Waals surface area contributed by atoms with Gasteiger partial charge >= 0.3 is 12.4 Å². The van der Waals surface area contributed by atoms with Gasteiger partial charge in [-0.2, -0.15) is 31.4 Å². The van der Waals surface area contributed by atoms with E-state index in [0.717, 1.165) is 4.68 Å². The van der Waals surface area contributed by atoms with Crippen molar-refractivity contribution in [2.75, 3.05) is 11.1 Å². The minimum absolute atomic E-state index is 0.165. The number of aromatic nitrogens is 2. The highest BCUT2D eigenvalue weighted by atomic mass is 19.4. The number of carbonyl (C=O) groups is 1. The summed E-state index contributed by atoms with van der Waals surface area (Å²) in [6, 6.07) is 0. The second kappa shape index (κ2) is 4.87. The minimum Gasteiger partial charge on any atom is -0.394 e. The van der Waals surface area contributed by atoms with Crippen molar-refractivity contribution < 1.29 is 31.1 Å². The maximum absolute atomic E-state index is 12.3. The number of carbonyl (C=O) groups excluding carboxylic acids is 1. The number of amides is 1. The highest BCUT2D eigenvalue weighted by Crippen LogP contribution is 2.40. The van der Waals surface area contributed by atoms with Gasteiger partial charge in [-0.3, -0.25) is 9.48 Å². The molecular formula is C9H10F6N4O. The van der Waals surface area contributed by atoms with Crippen molar-refractivity contribution in [1.82, 2.24) is 9.78 Å². The van der Waals surface area contributed by atoms with Crippen LogP contribution in [0.3, 0.4) is 0 Å². The molecule has 0 atom stereocenters. The number of hydrogen-bond acceptors (Lipinski definition) is 3. The molecule has 5 nitrogen and oxygen atoms in total. The van der Waals surface area contributed by atoms with Gasteiger partial charge in [-0.15, -0.1) is 0 Å². The van der Waals surface area contributed by atoms with E-state index in [1.54, 1.807) is 0 Å². The van der Waals surface area contributed by atoms with Crippen LogP contribution in [-0.2, 0) is 11.8 Å². The third kappa shape index (κ3) is 3.14. The second-order valence-electron chi connectivity index (χ2n) is 3.98. The zero-order valence-corrected chi connectivity index (χ0v) is 10.2. The molecule has 0 spiro atoms. The lowest BCUT2D eigenvalue weighted by Crippen LogP contribution is -2.45. The summed E-state index contributed by atoms with van der Waals surface area (Å²) in [7, 11) is 1.22. The highest BCUT2D eigenvalue weighted by Gasteiger charge is 2.61. The van der Waals surface area contributed by atoms with E-state index in [1.807, 2.05) is 0 Å². The zero-order chi connectivity index (χ0) is 15.9. The van der Waals surface area contributed by atoms with E-state index >= 15 is 0 Å². The summed E-state index contributed by atoms with van der Waals surface area (Å²) in [5.41, 5.74) is 5.37. The predicted octanol–water partition coefficient (Wildman–Crippen LogP) is 1.99. The Hall–Kier alpha value is -1.94. The fourth-order valence-corrected chi connectivity index (χ4v) is 1.49. The fraction of sp³-hybridized carbons (Fsp3) is 0.556. The van der Waals surface area contributed by atoms with Crippen LogP contribution in [0.1, 0.15) is 5.69 Å². The average Bonchev–Trinajstić information content (AvgIpc) is 2.40. The minimum atomic E-state index is -5.76. The molecular weight excluding hydrogens is 294 g/mol. The molecule has 0 aliphatic carbocycles. The molecule has 11 heteroatoms. The number of nitrogens with zero attached hydrogens (tertiary/aromatic N) is 2. The van der Waals surface area contributed by atoms with Gasteiger partial charge in [-0.05, 0) is 6.92 Å². The van der Waals surface area contributed by atoms with E-state index in [1.165, 1.54) is 19.3 Å². The van der Waals surface area contributed by atoms with Crippen molar-refractivity contribution in [3.8, 4) is 0 Å². The van der Waals surface area contributed by atoms with Crippen LogP contribution in [0.4, 0.5) is 37.8 Å². The smallest absolute Gasteiger partial charge is 0.394 e. The van der Waals surface area contributed by atoms with Crippen LogP contribution in [0.25, 0.3) is 0 Å². The van der Waals surface area contributed by atoms with Crippen molar-refractivity contribution in [2.45, 2.75) is 19.3 Å². The number of nitrogens with two attached hydrogens (primary N) is 1. The lowest BCUT2D eigenvalue weighted by atomic mass is 10.1. The molecule has 0 bridgehead atoms. The Kier molecular flexibility index (Phi) is 3.92. The number of aryl methyl sites for hydroxylation is 2. The molecule has 0 saturated carbocycles. The van der Waals surface area contributed by atoms with Crippen LogP contribution in [0.2, 0.25) is 0 Å². The molecule has 1 heterocycles. The van der Waals surface area contributed by atoms with E-state index in [2.05, 4.69) is 5.10 Å². The van der Waals surface area contributed by atoms with E-state index < -0.39 is 30.0 Å². The molecule has 1 aromatic rings. The van der Waals surface area contributed by atoms with Gasteiger partial charge in [0, 0.05) is 7.05 Å². The predicted molar refractivity (Wildman–Crippen MR) is 56.6 cm³/mol. The third-order valence-electron chi connectivity index (χ3n) is 2.43. The van der Waals surface area contributed by atoms with Crippen molar-refractivity contribution in [2.24, 2.45) is 13.0 Å². The standard InChI is InChI=1S/C9H10F6N4O/c1-3-4(16)6(19(2)18-3)17-7(20)5(8(10,11)12)9(13,14)15/h5H,16H2,1-2H3,(H,17,20). The first kappa shape index (κ1) is 16.1. The lowest BCUT2D eigenvalue weighted by molar-refractivity contribution is -0.272. The molecule has 0 unspecified atom stereocenters. The van der Waals surface area contributed by atoms with E-state index in [4.69, 9.17) is 5.73 Å². The molecule has 0 aromatic carbocycles. The van der Waals surface area contributed by atoms with Crippen LogP contribution < -0.4 is 11.1 Å². The summed E-state index contributed by atoms with van der Waals surface area (Å²) in [6.07, 6.45) is -11.5. The molecule has 0 aliphatic rings. The molecule has 0 radical (unpaired) electrons. The average molecular weight is 304 g/mol. The topological polar surface area (TPSA) is 72.9 Å². The Bertz CT molecular complexity index is 504. The van der Waals surface area contributed by atoms with Crippen LogP contribution in [0, 0.1) is 12.8 Å². The summed E-state index contributed by atoms with van der Waals surface area (Å²) >= 11 is 0. The molecule has 20 heavy (non-hydrogen) atoms. The summed E-state index contributed by atoms with van der Waals surface area (Å²) < 4.78 is 74.9. The third-order valence-corrected chi connectivity index (χ3v) is 2.43. The van der Waals surface area contributed by atoms with E-state index in [9.17, 15) is 31.1 Å². The van der Waals surface area contributed by atoms with Gasteiger partial charge in [-0.25, -0.2) is 0 Å². The number of halogens is 6. The molecule has 1 aromatic heterocycles. The van der Waals surface area contributed by atoms with E-state index in [-0.39, 0.29) is 11.4 Å². The van der Waals surface area contributed by atoms with Crippen LogP contribution in [-0.4, -0.2) is 28.0 Å².